The van der Waals surface area contributed by atoms with E-state index in [4.69, 9.17) is 9.47 Å². The van der Waals surface area contributed by atoms with Gasteiger partial charge in [0.25, 0.3) is 0 Å². The van der Waals surface area contributed by atoms with Gasteiger partial charge in [-0.05, 0) is 47.1 Å². The quantitative estimate of drug-likeness (QED) is 0.617. The zero-order valence-corrected chi connectivity index (χ0v) is 17.2. The largest absolute Gasteiger partial charge is 0.444 e. The predicted molar refractivity (Wildman–Crippen MR) is 104 cm³/mol. The van der Waals surface area contributed by atoms with E-state index in [1.807, 2.05) is 71.9 Å². The Morgan fingerprint density at radius 3 is 2.52 bits per heavy atom. The summed E-state index contributed by atoms with van der Waals surface area (Å²) in [5.74, 6) is 0. The van der Waals surface area contributed by atoms with Crippen molar-refractivity contribution in [3.05, 3.63) is 48.6 Å². The van der Waals surface area contributed by atoms with E-state index in [-0.39, 0.29) is 6.10 Å². The van der Waals surface area contributed by atoms with Crippen LogP contribution in [-0.4, -0.2) is 50.8 Å². The minimum absolute atomic E-state index is 0.305. The van der Waals surface area contributed by atoms with Crippen LogP contribution in [0.25, 0.3) is 0 Å². The number of benzene rings is 1. The molecule has 0 radical (unpaired) electrons. The SMILES string of the molecule is C=C[C@H]([C@@H]1[C@@H](C)OC(C)(C)N1C(=O)OC(C)(C)C)N(O)Cc1ccccc1. The molecular weight excluding hydrogens is 344 g/mol. The molecule has 1 aromatic rings. The summed E-state index contributed by atoms with van der Waals surface area (Å²) in [7, 11) is 0. The van der Waals surface area contributed by atoms with Gasteiger partial charge in [-0.1, -0.05) is 36.4 Å². The summed E-state index contributed by atoms with van der Waals surface area (Å²) in [6.07, 6.45) is 0.870. The maximum atomic E-state index is 12.9. The van der Waals surface area contributed by atoms with Crippen LogP contribution in [0, 0.1) is 0 Å². The zero-order chi connectivity index (χ0) is 20.4. The van der Waals surface area contributed by atoms with Gasteiger partial charge in [0.15, 0.2) is 0 Å². The minimum atomic E-state index is -0.860. The molecule has 2 rings (SSSR count). The minimum Gasteiger partial charge on any atom is -0.444 e. The lowest BCUT2D eigenvalue weighted by Gasteiger charge is -2.39. The summed E-state index contributed by atoms with van der Waals surface area (Å²) in [5, 5.41) is 12.0. The van der Waals surface area contributed by atoms with Crippen LogP contribution in [0.4, 0.5) is 4.79 Å². The maximum absolute atomic E-state index is 12.9. The van der Waals surface area contributed by atoms with Crippen molar-refractivity contribution in [1.29, 1.82) is 0 Å². The van der Waals surface area contributed by atoms with E-state index in [0.29, 0.717) is 6.54 Å². The number of carbonyl (C=O) groups excluding carboxylic acids is 1. The molecule has 1 amide bonds. The molecule has 1 saturated heterocycles. The monoisotopic (exact) mass is 376 g/mol. The smallest absolute Gasteiger partial charge is 0.412 e. The topological polar surface area (TPSA) is 62.2 Å². The van der Waals surface area contributed by atoms with E-state index >= 15 is 0 Å². The number of carbonyl (C=O) groups is 1. The Kier molecular flexibility index (Phi) is 6.35. The molecule has 0 saturated carbocycles. The Morgan fingerprint density at radius 1 is 1.41 bits per heavy atom. The van der Waals surface area contributed by atoms with Gasteiger partial charge in [-0.25, -0.2) is 4.79 Å². The van der Waals surface area contributed by atoms with E-state index in [2.05, 4.69) is 6.58 Å². The highest BCUT2D eigenvalue weighted by atomic mass is 16.6. The summed E-state index contributed by atoms with van der Waals surface area (Å²) >= 11 is 0. The first kappa shape index (κ1) is 21.4. The molecule has 1 fully saturated rings. The standard InChI is InChI=1S/C21H32N2O4/c1-8-17(22(25)14-16-12-10-9-11-13-16)18-15(2)26-21(6,7)23(18)19(24)27-20(3,4)5/h8-13,15,17-18,25H,1,14H2,2-7H3/t15-,17-,18+/m1/s1. The van der Waals surface area contributed by atoms with Gasteiger partial charge in [0.1, 0.15) is 11.3 Å². The Balaban J connectivity index is 2.29. The number of nitrogens with zero attached hydrogens (tertiary/aromatic N) is 2. The van der Waals surface area contributed by atoms with Gasteiger partial charge in [-0.2, -0.15) is 5.06 Å². The van der Waals surface area contributed by atoms with Gasteiger partial charge in [-0.15, -0.1) is 6.58 Å². The molecule has 1 aliphatic rings. The van der Waals surface area contributed by atoms with Crippen molar-refractivity contribution in [3.63, 3.8) is 0 Å². The van der Waals surface area contributed by atoms with E-state index in [1.165, 1.54) is 5.06 Å². The third-order valence-electron chi connectivity index (χ3n) is 4.55. The third kappa shape index (κ3) is 5.09. The fourth-order valence-electron chi connectivity index (χ4n) is 3.55. The van der Waals surface area contributed by atoms with Crippen LogP contribution in [0.2, 0.25) is 0 Å². The Bertz CT molecular complexity index is 654. The molecule has 1 aromatic carbocycles. The Labute approximate surface area is 162 Å². The number of rotatable bonds is 5. The maximum Gasteiger partial charge on any atom is 0.412 e. The molecule has 27 heavy (non-hydrogen) atoms. The van der Waals surface area contributed by atoms with Crippen LogP contribution in [-0.2, 0) is 16.0 Å². The zero-order valence-electron chi connectivity index (χ0n) is 17.2. The van der Waals surface area contributed by atoms with Gasteiger partial charge >= 0.3 is 6.09 Å². The number of hydrogen-bond donors (Lipinski definition) is 1. The lowest BCUT2D eigenvalue weighted by atomic mass is 10.0. The van der Waals surface area contributed by atoms with Crippen LogP contribution < -0.4 is 0 Å². The van der Waals surface area contributed by atoms with Crippen molar-refractivity contribution in [1.82, 2.24) is 9.96 Å². The molecule has 0 bridgehead atoms. The third-order valence-corrected chi connectivity index (χ3v) is 4.55. The first-order valence-electron chi connectivity index (χ1n) is 9.28. The number of hydroxylamine groups is 2. The summed E-state index contributed by atoms with van der Waals surface area (Å²) in [5.41, 5.74) is -0.529. The lowest BCUT2D eigenvalue weighted by molar-refractivity contribution is -0.139. The number of amides is 1. The molecule has 1 heterocycles. The highest BCUT2D eigenvalue weighted by Crippen LogP contribution is 2.36. The molecular formula is C21H32N2O4. The van der Waals surface area contributed by atoms with Gasteiger partial charge in [0, 0.05) is 6.54 Å². The molecule has 0 aromatic heterocycles. The van der Waals surface area contributed by atoms with Crippen molar-refractivity contribution in [2.75, 3.05) is 0 Å². The van der Waals surface area contributed by atoms with Crippen LogP contribution in [0.5, 0.6) is 0 Å². The van der Waals surface area contributed by atoms with Gasteiger partial charge in [0.2, 0.25) is 0 Å². The highest BCUT2D eigenvalue weighted by Gasteiger charge is 2.52. The first-order valence-corrected chi connectivity index (χ1v) is 9.28. The molecule has 0 aliphatic carbocycles. The summed E-state index contributed by atoms with van der Waals surface area (Å²) in [6.45, 7) is 15.2. The van der Waals surface area contributed by atoms with E-state index in [1.54, 1.807) is 11.0 Å². The van der Waals surface area contributed by atoms with E-state index in [9.17, 15) is 10.0 Å². The second-order valence-corrected chi connectivity index (χ2v) is 8.42. The molecule has 6 nitrogen and oxygen atoms in total. The van der Waals surface area contributed by atoms with Crippen LogP contribution in [0.15, 0.2) is 43.0 Å². The molecule has 1 aliphatic heterocycles. The van der Waals surface area contributed by atoms with Crippen molar-refractivity contribution in [2.45, 2.75) is 77.6 Å². The predicted octanol–water partition coefficient (Wildman–Crippen LogP) is 4.19. The Hall–Kier alpha value is -1.89. The molecule has 1 N–H and O–H groups in total. The summed E-state index contributed by atoms with van der Waals surface area (Å²) in [6, 6.07) is 8.68. The molecule has 0 unspecified atom stereocenters. The normalized spacial score (nSPS) is 23.3. The summed E-state index contributed by atoms with van der Waals surface area (Å²) in [4.78, 5) is 14.5. The first-order chi connectivity index (χ1) is 12.5. The van der Waals surface area contributed by atoms with E-state index < -0.39 is 29.5 Å². The van der Waals surface area contributed by atoms with Gasteiger partial charge in [0.05, 0.1) is 18.2 Å². The molecule has 0 spiro atoms. The fraction of sp³-hybridized carbons (Fsp3) is 0.571. The van der Waals surface area contributed by atoms with E-state index in [0.717, 1.165) is 5.56 Å². The fourth-order valence-corrected chi connectivity index (χ4v) is 3.55. The van der Waals surface area contributed by atoms with Crippen LogP contribution in [0.3, 0.4) is 0 Å². The van der Waals surface area contributed by atoms with Crippen LogP contribution in [0.1, 0.15) is 47.1 Å². The second-order valence-electron chi connectivity index (χ2n) is 8.42. The van der Waals surface area contributed by atoms with Crippen molar-refractivity contribution >= 4 is 6.09 Å². The van der Waals surface area contributed by atoms with Crippen LogP contribution >= 0.6 is 0 Å². The summed E-state index contributed by atoms with van der Waals surface area (Å²) < 4.78 is 11.6. The molecule has 150 valence electrons. The molecule has 6 heteroatoms. The lowest BCUT2D eigenvalue weighted by Crippen LogP contribution is -2.57. The number of hydrogen-bond acceptors (Lipinski definition) is 5. The Morgan fingerprint density at radius 2 is 2.00 bits per heavy atom. The average Bonchev–Trinajstić information content (AvgIpc) is 2.76. The highest BCUT2D eigenvalue weighted by molar-refractivity contribution is 5.70. The number of ether oxygens (including phenoxy) is 2. The second kappa shape index (κ2) is 8.00. The van der Waals surface area contributed by atoms with Crippen molar-refractivity contribution in [2.24, 2.45) is 0 Å². The average molecular weight is 376 g/mol. The molecule has 3 atom stereocenters. The van der Waals surface area contributed by atoms with Crippen molar-refractivity contribution in [3.8, 4) is 0 Å². The van der Waals surface area contributed by atoms with Gasteiger partial charge in [-0.3, -0.25) is 4.90 Å². The van der Waals surface area contributed by atoms with Gasteiger partial charge < -0.3 is 14.7 Å². The van der Waals surface area contributed by atoms with Crippen molar-refractivity contribution < 1.29 is 19.5 Å².